The lowest BCUT2D eigenvalue weighted by Crippen LogP contribution is -2.13. The average molecular weight is 296 g/mol. The molecule has 4 heteroatoms. The van der Waals surface area contributed by atoms with Gasteiger partial charge in [0.2, 0.25) is 0 Å². The van der Waals surface area contributed by atoms with E-state index in [9.17, 15) is 4.79 Å². The van der Waals surface area contributed by atoms with Gasteiger partial charge in [0.05, 0.1) is 10.4 Å². The van der Waals surface area contributed by atoms with Crippen LogP contribution in [-0.4, -0.2) is 11.2 Å². The van der Waals surface area contributed by atoms with E-state index < -0.39 is 5.38 Å². The summed E-state index contributed by atoms with van der Waals surface area (Å²) < 4.78 is 0. The van der Waals surface area contributed by atoms with Crippen molar-refractivity contribution in [3.8, 4) is 0 Å². The van der Waals surface area contributed by atoms with Crippen molar-refractivity contribution in [2.75, 3.05) is 0 Å². The fourth-order valence-corrected chi connectivity index (χ4v) is 2.02. The van der Waals surface area contributed by atoms with Gasteiger partial charge >= 0.3 is 0 Å². The average Bonchev–Trinajstić information content (AvgIpc) is 2.16. The summed E-state index contributed by atoms with van der Waals surface area (Å²) in [4.78, 5) is 11.7. The number of halogens is 3. The normalized spacial score (nSPS) is 12.6. The number of alkyl halides is 2. The highest BCUT2D eigenvalue weighted by Gasteiger charge is 2.18. The van der Waals surface area contributed by atoms with Gasteiger partial charge in [-0.15, -0.1) is 11.6 Å². The molecule has 0 N–H and O–H groups in total. The summed E-state index contributed by atoms with van der Waals surface area (Å²) in [5.74, 6) is -0.133. The molecule has 1 atom stereocenters. The van der Waals surface area contributed by atoms with Crippen molar-refractivity contribution in [3.05, 3.63) is 34.3 Å². The number of carbonyl (C=O) groups is 1. The third-order valence-corrected chi connectivity index (χ3v) is 2.97. The number of benzene rings is 1. The Bertz CT molecular complexity index is 350. The summed E-state index contributed by atoms with van der Waals surface area (Å²) in [6.45, 7) is 1.64. The highest BCUT2D eigenvalue weighted by Crippen LogP contribution is 2.24. The molecule has 0 aliphatic carbocycles. The van der Waals surface area contributed by atoms with E-state index in [4.69, 9.17) is 23.2 Å². The molecule has 0 bridgehead atoms. The van der Waals surface area contributed by atoms with Crippen molar-refractivity contribution in [1.29, 1.82) is 0 Å². The van der Waals surface area contributed by atoms with Gasteiger partial charge in [0, 0.05) is 10.9 Å². The molecule has 0 radical (unpaired) electrons. The maximum Gasteiger partial charge on any atom is 0.182 e. The van der Waals surface area contributed by atoms with Gasteiger partial charge in [-0.1, -0.05) is 39.7 Å². The van der Waals surface area contributed by atoms with Crippen molar-refractivity contribution in [2.24, 2.45) is 0 Å². The quantitative estimate of drug-likeness (QED) is 0.607. The van der Waals surface area contributed by atoms with Crippen LogP contribution in [0, 0.1) is 0 Å². The molecule has 1 rings (SSSR count). The molecule has 0 heterocycles. The molecule has 14 heavy (non-hydrogen) atoms. The lowest BCUT2D eigenvalue weighted by Gasteiger charge is -2.09. The van der Waals surface area contributed by atoms with Crippen LogP contribution in [0.2, 0.25) is 5.02 Å². The molecule has 0 spiro atoms. The molecular formula is C10H9BrCl2O. The van der Waals surface area contributed by atoms with Gasteiger partial charge in [0.25, 0.3) is 0 Å². The number of ketones is 1. The topological polar surface area (TPSA) is 17.1 Å². The lowest BCUT2D eigenvalue weighted by atomic mass is 10.0. The van der Waals surface area contributed by atoms with Gasteiger partial charge in [-0.3, -0.25) is 4.79 Å². The Labute approximate surface area is 102 Å². The van der Waals surface area contributed by atoms with Crippen molar-refractivity contribution >= 4 is 44.9 Å². The summed E-state index contributed by atoms with van der Waals surface area (Å²) in [5.41, 5.74) is 1.39. The second-order valence-electron chi connectivity index (χ2n) is 2.89. The molecule has 1 nitrogen and oxygen atoms in total. The van der Waals surface area contributed by atoms with E-state index in [0.29, 0.717) is 15.9 Å². The Balaban J connectivity index is 3.23. The molecule has 0 fully saturated rings. The fraction of sp³-hybridized carbons (Fsp3) is 0.300. The first kappa shape index (κ1) is 12.0. The Kier molecular flexibility index (Phi) is 4.42. The first-order valence-corrected chi connectivity index (χ1v) is 6.03. The molecule has 0 aliphatic heterocycles. The summed E-state index contributed by atoms with van der Waals surface area (Å²) in [6.07, 6.45) is 0. The van der Waals surface area contributed by atoms with Gasteiger partial charge in [-0.2, -0.15) is 0 Å². The van der Waals surface area contributed by atoms with Gasteiger partial charge in [0.15, 0.2) is 5.78 Å². The Morgan fingerprint density at radius 3 is 2.71 bits per heavy atom. The first-order valence-electron chi connectivity index (χ1n) is 4.09. The zero-order valence-electron chi connectivity index (χ0n) is 7.56. The maximum atomic E-state index is 11.7. The smallest absolute Gasteiger partial charge is 0.182 e. The summed E-state index contributed by atoms with van der Waals surface area (Å²) >= 11 is 15.0. The molecule has 76 valence electrons. The van der Waals surface area contributed by atoms with Crippen LogP contribution in [0.4, 0.5) is 0 Å². The van der Waals surface area contributed by atoms with Crippen LogP contribution in [-0.2, 0) is 5.33 Å². The van der Waals surface area contributed by atoms with E-state index >= 15 is 0 Å². The van der Waals surface area contributed by atoms with Crippen LogP contribution >= 0.6 is 39.1 Å². The van der Waals surface area contributed by atoms with E-state index in [1.165, 1.54) is 0 Å². The van der Waals surface area contributed by atoms with E-state index in [1.54, 1.807) is 13.0 Å². The number of carbonyl (C=O) groups excluding carboxylic acids is 1. The molecule has 0 aromatic heterocycles. The minimum atomic E-state index is -0.548. The van der Waals surface area contributed by atoms with E-state index in [0.717, 1.165) is 5.56 Å². The Hall–Kier alpha value is -0.0500. The van der Waals surface area contributed by atoms with Gasteiger partial charge < -0.3 is 0 Å². The highest BCUT2D eigenvalue weighted by molar-refractivity contribution is 9.08. The number of rotatable bonds is 3. The second-order valence-corrected chi connectivity index (χ2v) is 4.51. The van der Waals surface area contributed by atoms with Crippen LogP contribution in [0.15, 0.2) is 18.2 Å². The molecule has 0 amide bonds. The minimum Gasteiger partial charge on any atom is -0.292 e. The van der Waals surface area contributed by atoms with Gasteiger partial charge in [-0.25, -0.2) is 0 Å². The number of hydrogen-bond donors (Lipinski definition) is 0. The molecule has 1 aromatic rings. The van der Waals surface area contributed by atoms with Crippen molar-refractivity contribution in [2.45, 2.75) is 17.6 Å². The van der Waals surface area contributed by atoms with Crippen molar-refractivity contribution < 1.29 is 4.79 Å². The predicted molar refractivity (Wildman–Crippen MR) is 63.7 cm³/mol. The van der Waals surface area contributed by atoms with E-state index in [2.05, 4.69) is 15.9 Å². The van der Waals surface area contributed by atoms with Crippen LogP contribution < -0.4 is 0 Å². The Morgan fingerprint density at radius 2 is 2.21 bits per heavy atom. The highest BCUT2D eigenvalue weighted by atomic mass is 79.9. The molecule has 1 unspecified atom stereocenters. The molecule has 0 aliphatic rings. The third-order valence-electron chi connectivity index (χ3n) is 1.85. The largest absolute Gasteiger partial charge is 0.292 e. The van der Waals surface area contributed by atoms with Gasteiger partial charge in [-0.05, 0) is 18.6 Å². The molecular weight excluding hydrogens is 287 g/mol. The third kappa shape index (κ3) is 2.50. The standard InChI is InChI=1S/C10H9BrCl2O/c1-6(12)10(14)9-7(5-11)3-2-4-8(9)13/h2-4,6H,5H2,1H3. The van der Waals surface area contributed by atoms with Crippen molar-refractivity contribution in [1.82, 2.24) is 0 Å². The maximum absolute atomic E-state index is 11.7. The van der Waals surface area contributed by atoms with Crippen LogP contribution in [0.25, 0.3) is 0 Å². The van der Waals surface area contributed by atoms with E-state index in [1.807, 2.05) is 12.1 Å². The second kappa shape index (κ2) is 5.15. The fourth-order valence-electron chi connectivity index (χ4n) is 1.15. The van der Waals surface area contributed by atoms with Crippen molar-refractivity contribution in [3.63, 3.8) is 0 Å². The summed E-state index contributed by atoms with van der Waals surface area (Å²) in [5, 5.41) is 0.505. The lowest BCUT2D eigenvalue weighted by molar-refractivity contribution is 0.0991. The zero-order valence-corrected chi connectivity index (χ0v) is 10.7. The number of hydrogen-bond acceptors (Lipinski definition) is 1. The predicted octanol–water partition coefficient (Wildman–Crippen LogP) is 4.04. The van der Waals surface area contributed by atoms with Crippen LogP contribution in [0.5, 0.6) is 0 Å². The molecule has 1 aromatic carbocycles. The van der Waals surface area contributed by atoms with E-state index in [-0.39, 0.29) is 5.78 Å². The summed E-state index contributed by atoms with van der Waals surface area (Å²) in [6, 6.07) is 5.36. The zero-order chi connectivity index (χ0) is 10.7. The Morgan fingerprint density at radius 1 is 1.57 bits per heavy atom. The monoisotopic (exact) mass is 294 g/mol. The SMILES string of the molecule is CC(Cl)C(=O)c1c(Cl)cccc1CBr. The van der Waals surface area contributed by atoms with Crippen LogP contribution in [0.3, 0.4) is 0 Å². The minimum absolute atomic E-state index is 0.133. The summed E-state index contributed by atoms with van der Waals surface area (Å²) in [7, 11) is 0. The molecule has 0 saturated heterocycles. The van der Waals surface area contributed by atoms with Crippen LogP contribution in [0.1, 0.15) is 22.8 Å². The number of Topliss-reactive ketones (excluding diaryl/α,β-unsaturated/α-hetero) is 1. The molecule has 0 saturated carbocycles. The first-order chi connectivity index (χ1) is 6.57. The van der Waals surface area contributed by atoms with Gasteiger partial charge in [0.1, 0.15) is 0 Å².